The van der Waals surface area contributed by atoms with Crippen molar-refractivity contribution in [2.45, 2.75) is 12.5 Å². The molecule has 0 aromatic heterocycles. The van der Waals surface area contributed by atoms with Gasteiger partial charge in [-0.25, -0.2) is 4.39 Å². The molecule has 0 saturated heterocycles. The fraction of sp³-hybridized carbons (Fsp3) is 0.333. The minimum atomic E-state index is -0.443. The molecule has 12 heavy (non-hydrogen) atoms. The fourth-order valence-corrected chi connectivity index (χ4v) is 1.47. The lowest BCUT2D eigenvalue weighted by atomic mass is 10.0. The highest BCUT2D eigenvalue weighted by Crippen LogP contribution is 2.29. The minimum Gasteiger partial charge on any atom is -0.388 e. The predicted octanol–water partition coefficient (Wildman–Crippen LogP) is 1.67. The molecule has 3 heteroatoms. The summed E-state index contributed by atoms with van der Waals surface area (Å²) < 4.78 is 12.7. The van der Waals surface area contributed by atoms with E-state index >= 15 is 0 Å². The second-order valence-corrected chi connectivity index (χ2v) is 2.96. The Morgan fingerprint density at radius 3 is 3.17 bits per heavy atom. The Morgan fingerprint density at radius 1 is 1.50 bits per heavy atom. The van der Waals surface area contributed by atoms with Crippen molar-refractivity contribution in [3.8, 4) is 0 Å². The van der Waals surface area contributed by atoms with E-state index in [-0.39, 0.29) is 5.82 Å². The van der Waals surface area contributed by atoms with E-state index in [1.165, 1.54) is 12.1 Å². The summed E-state index contributed by atoms with van der Waals surface area (Å²) in [7, 11) is 0. The summed E-state index contributed by atoms with van der Waals surface area (Å²) in [4.78, 5) is 0. The molecule has 1 aromatic carbocycles. The van der Waals surface area contributed by atoms with Crippen molar-refractivity contribution in [3.63, 3.8) is 0 Å². The fourth-order valence-electron chi connectivity index (χ4n) is 1.47. The van der Waals surface area contributed by atoms with E-state index in [2.05, 4.69) is 5.32 Å². The number of rotatable bonds is 0. The number of hydrogen-bond acceptors (Lipinski definition) is 2. The second kappa shape index (κ2) is 2.75. The lowest BCUT2D eigenvalue weighted by molar-refractivity contribution is 0.168. The molecule has 2 rings (SSSR count). The van der Waals surface area contributed by atoms with Gasteiger partial charge in [-0.05, 0) is 18.6 Å². The first-order valence-corrected chi connectivity index (χ1v) is 3.99. The highest BCUT2D eigenvalue weighted by Gasteiger charge is 2.17. The van der Waals surface area contributed by atoms with Gasteiger partial charge in [-0.2, -0.15) is 0 Å². The van der Waals surface area contributed by atoms with Crippen LogP contribution in [0, 0.1) is 5.82 Å². The molecule has 1 heterocycles. The lowest BCUT2D eigenvalue weighted by Gasteiger charge is -2.22. The molecule has 1 atom stereocenters. The molecule has 0 aliphatic carbocycles. The molecule has 1 aliphatic heterocycles. The maximum Gasteiger partial charge on any atom is 0.125 e. The molecule has 2 nitrogen and oxygen atoms in total. The van der Waals surface area contributed by atoms with Crippen LogP contribution in [0.5, 0.6) is 0 Å². The summed E-state index contributed by atoms with van der Waals surface area (Å²) in [5, 5.41) is 12.5. The van der Waals surface area contributed by atoms with Crippen LogP contribution >= 0.6 is 0 Å². The zero-order chi connectivity index (χ0) is 8.55. The molecule has 1 aliphatic rings. The summed E-state index contributed by atoms with van der Waals surface area (Å²) in [5.41, 5.74) is 1.51. The normalized spacial score (nSPS) is 21.3. The highest BCUT2D eigenvalue weighted by atomic mass is 19.1. The maximum absolute atomic E-state index is 12.7. The van der Waals surface area contributed by atoms with Crippen molar-refractivity contribution in [2.24, 2.45) is 0 Å². The van der Waals surface area contributed by atoms with Gasteiger partial charge in [0.2, 0.25) is 0 Å². The third-order valence-corrected chi connectivity index (χ3v) is 2.11. The van der Waals surface area contributed by atoms with Crippen LogP contribution in [0.3, 0.4) is 0 Å². The van der Waals surface area contributed by atoms with Crippen molar-refractivity contribution in [1.29, 1.82) is 0 Å². The standard InChI is InChI=1S/C9H10FNO/c10-6-1-2-7-8(5-6)11-4-3-9(7)12/h1-2,5,9,11-12H,3-4H2. The van der Waals surface area contributed by atoms with Gasteiger partial charge in [0.15, 0.2) is 0 Å². The Morgan fingerprint density at radius 2 is 2.33 bits per heavy atom. The highest BCUT2D eigenvalue weighted by molar-refractivity contribution is 5.54. The smallest absolute Gasteiger partial charge is 0.125 e. The Bertz CT molecular complexity index is 301. The van der Waals surface area contributed by atoms with Gasteiger partial charge < -0.3 is 10.4 Å². The van der Waals surface area contributed by atoms with E-state index in [1.807, 2.05) is 0 Å². The van der Waals surface area contributed by atoms with E-state index < -0.39 is 6.10 Å². The summed E-state index contributed by atoms with van der Waals surface area (Å²) in [6.07, 6.45) is 0.250. The predicted molar refractivity (Wildman–Crippen MR) is 44.5 cm³/mol. The second-order valence-electron chi connectivity index (χ2n) is 2.96. The third-order valence-electron chi connectivity index (χ3n) is 2.11. The number of hydrogen-bond donors (Lipinski definition) is 2. The van der Waals surface area contributed by atoms with Crippen molar-refractivity contribution >= 4 is 5.69 Å². The first-order valence-electron chi connectivity index (χ1n) is 3.99. The van der Waals surface area contributed by atoms with Gasteiger partial charge in [0.05, 0.1) is 6.10 Å². The van der Waals surface area contributed by atoms with Gasteiger partial charge in [0, 0.05) is 17.8 Å². The van der Waals surface area contributed by atoms with E-state index in [4.69, 9.17) is 0 Å². The largest absolute Gasteiger partial charge is 0.388 e. The van der Waals surface area contributed by atoms with Crippen molar-refractivity contribution in [1.82, 2.24) is 0 Å². The Hall–Kier alpha value is -1.09. The first-order chi connectivity index (χ1) is 5.77. The quantitative estimate of drug-likeness (QED) is 0.616. The number of aliphatic hydroxyl groups is 1. The Labute approximate surface area is 70.0 Å². The van der Waals surface area contributed by atoms with Crippen LogP contribution < -0.4 is 5.32 Å². The van der Waals surface area contributed by atoms with Crippen LogP contribution in [-0.2, 0) is 0 Å². The zero-order valence-electron chi connectivity index (χ0n) is 6.55. The minimum absolute atomic E-state index is 0.268. The van der Waals surface area contributed by atoms with Gasteiger partial charge >= 0.3 is 0 Å². The lowest BCUT2D eigenvalue weighted by Crippen LogP contribution is -2.16. The Kier molecular flexibility index (Phi) is 1.73. The van der Waals surface area contributed by atoms with Gasteiger partial charge in [0.1, 0.15) is 5.82 Å². The molecule has 2 N–H and O–H groups in total. The molecule has 0 spiro atoms. The molecular weight excluding hydrogens is 157 g/mol. The van der Waals surface area contributed by atoms with Crippen LogP contribution in [0.25, 0.3) is 0 Å². The number of aliphatic hydroxyl groups excluding tert-OH is 1. The number of halogens is 1. The van der Waals surface area contributed by atoms with Crippen LogP contribution in [0.2, 0.25) is 0 Å². The van der Waals surface area contributed by atoms with Crippen molar-refractivity contribution in [3.05, 3.63) is 29.6 Å². The maximum atomic E-state index is 12.7. The average Bonchev–Trinajstić information content (AvgIpc) is 2.04. The first kappa shape index (κ1) is 7.55. The van der Waals surface area contributed by atoms with E-state index in [0.717, 1.165) is 5.56 Å². The van der Waals surface area contributed by atoms with E-state index in [1.54, 1.807) is 6.07 Å². The molecular formula is C9H10FNO. The van der Waals surface area contributed by atoms with Gasteiger partial charge in [-0.15, -0.1) is 0 Å². The van der Waals surface area contributed by atoms with Crippen molar-refractivity contribution in [2.75, 3.05) is 11.9 Å². The van der Waals surface area contributed by atoms with Gasteiger partial charge in [-0.1, -0.05) is 6.07 Å². The summed E-state index contributed by atoms with van der Waals surface area (Å²) >= 11 is 0. The van der Waals surface area contributed by atoms with Crippen LogP contribution in [0.15, 0.2) is 18.2 Å². The number of anilines is 1. The molecule has 0 bridgehead atoms. The van der Waals surface area contributed by atoms with Gasteiger partial charge in [0.25, 0.3) is 0 Å². The number of benzene rings is 1. The molecule has 1 unspecified atom stereocenters. The molecule has 0 radical (unpaired) electrons. The van der Waals surface area contributed by atoms with E-state index in [9.17, 15) is 9.50 Å². The number of nitrogens with one attached hydrogen (secondary N) is 1. The molecule has 64 valence electrons. The molecule has 0 saturated carbocycles. The zero-order valence-corrected chi connectivity index (χ0v) is 6.55. The SMILES string of the molecule is OC1CCNc2cc(F)ccc21. The summed E-state index contributed by atoms with van der Waals surface area (Å²) in [6, 6.07) is 4.41. The summed E-state index contributed by atoms with van der Waals surface area (Å²) in [5.74, 6) is -0.268. The Balaban J connectivity index is 2.46. The van der Waals surface area contributed by atoms with Crippen LogP contribution in [0.1, 0.15) is 18.1 Å². The average molecular weight is 167 g/mol. The topological polar surface area (TPSA) is 32.3 Å². The monoisotopic (exact) mass is 167 g/mol. The molecule has 1 aromatic rings. The van der Waals surface area contributed by atoms with Crippen molar-refractivity contribution < 1.29 is 9.50 Å². The number of fused-ring (bicyclic) bond motifs is 1. The van der Waals surface area contributed by atoms with Crippen LogP contribution in [-0.4, -0.2) is 11.7 Å². The third kappa shape index (κ3) is 1.16. The van der Waals surface area contributed by atoms with Gasteiger partial charge in [-0.3, -0.25) is 0 Å². The molecule has 0 fully saturated rings. The summed E-state index contributed by atoms with van der Waals surface area (Å²) in [6.45, 7) is 0.706. The molecule has 0 amide bonds. The van der Waals surface area contributed by atoms with E-state index in [0.29, 0.717) is 18.7 Å². The van der Waals surface area contributed by atoms with Crippen LogP contribution in [0.4, 0.5) is 10.1 Å².